The van der Waals surface area contributed by atoms with Crippen molar-refractivity contribution in [2.75, 3.05) is 0 Å². The quantitative estimate of drug-likeness (QED) is 0.404. The number of carbonyl (C=O) groups excluding carboxylic acids is 1. The topological polar surface area (TPSA) is 126 Å². The van der Waals surface area contributed by atoms with E-state index < -0.39 is 11.9 Å². The predicted octanol–water partition coefficient (Wildman–Crippen LogP) is 3.69. The number of hydrogen-bond donors (Lipinski definition) is 1. The number of benzene rings is 3. The Labute approximate surface area is 194 Å². The number of hydrogen-bond acceptors (Lipinski definition) is 6. The van der Waals surface area contributed by atoms with Crippen LogP contribution in [0.2, 0.25) is 0 Å². The van der Waals surface area contributed by atoms with Crippen LogP contribution in [0.4, 0.5) is 0 Å². The number of aromatic nitrogens is 3. The Balaban J connectivity index is 1.44. The molecule has 0 spiro atoms. The predicted molar refractivity (Wildman–Crippen MR) is 125 cm³/mol. The van der Waals surface area contributed by atoms with Gasteiger partial charge in [-0.15, -0.1) is 5.10 Å². The molecule has 4 aromatic rings. The fourth-order valence-corrected chi connectivity index (χ4v) is 3.69. The van der Waals surface area contributed by atoms with Gasteiger partial charge < -0.3 is 5.11 Å². The van der Waals surface area contributed by atoms with Crippen LogP contribution in [0.25, 0.3) is 22.0 Å². The molecule has 4 rings (SSSR count). The fourth-order valence-electron chi connectivity index (χ4n) is 3.69. The van der Waals surface area contributed by atoms with E-state index in [0.29, 0.717) is 22.0 Å². The zero-order valence-corrected chi connectivity index (χ0v) is 18.1. The van der Waals surface area contributed by atoms with Gasteiger partial charge in [0.15, 0.2) is 5.78 Å². The third-order valence-electron chi connectivity index (χ3n) is 5.65. The Morgan fingerprint density at radius 2 is 1.62 bits per heavy atom. The number of aryl methyl sites for hydroxylation is 1. The molecule has 3 aromatic carbocycles. The summed E-state index contributed by atoms with van der Waals surface area (Å²) >= 11 is 0. The SMILES string of the molecule is N#Cc1ccc(-c2ccc(C(=O)CC(CCn3nnc4ccccc4c3=O)C(=O)O)cc2)cc1. The van der Waals surface area contributed by atoms with Crippen molar-refractivity contribution in [3.63, 3.8) is 0 Å². The Kier molecular flexibility index (Phi) is 6.55. The van der Waals surface area contributed by atoms with Crippen LogP contribution in [-0.4, -0.2) is 31.9 Å². The molecule has 1 aromatic heterocycles. The highest BCUT2D eigenvalue weighted by molar-refractivity contribution is 5.98. The Morgan fingerprint density at radius 1 is 0.971 bits per heavy atom. The maximum atomic E-state index is 12.7. The highest BCUT2D eigenvalue weighted by atomic mass is 16.4. The summed E-state index contributed by atoms with van der Waals surface area (Å²) in [4.78, 5) is 37.1. The van der Waals surface area contributed by atoms with Crippen LogP contribution in [0, 0.1) is 17.2 Å². The van der Waals surface area contributed by atoms with E-state index in [-0.39, 0.29) is 30.7 Å². The molecule has 34 heavy (non-hydrogen) atoms. The molecule has 0 bridgehead atoms. The lowest BCUT2D eigenvalue weighted by molar-refractivity contribution is -0.142. The van der Waals surface area contributed by atoms with Gasteiger partial charge >= 0.3 is 5.97 Å². The molecule has 8 nitrogen and oxygen atoms in total. The molecule has 0 radical (unpaired) electrons. The van der Waals surface area contributed by atoms with E-state index >= 15 is 0 Å². The fraction of sp³-hybridized carbons (Fsp3) is 0.154. The smallest absolute Gasteiger partial charge is 0.307 e. The van der Waals surface area contributed by atoms with Crippen LogP contribution in [0.3, 0.4) is 0 Å². The van der Waals surface area contributed by atoms with Gasteiger partial charge in [-0.25, -0.2) is 4.68 Å². The van der Waals surface area contributed by atoms with Gasteiger partial charge in [-0.1, -0.05) is 53.7 Å². The molecule has 0 amide bonds. The number of aliphatic carboxylic acids is 1. The van der Waals surface area contributed by atoms with Crippen LogP contribution in [0.15, 0.2) is 77.6 Å². The standard InChI is InChI=1S/C26H20N4O4/c27-16-17-5-7-18(8-6-17)19-9-11-20(12-10-19)24(31)15-21(26(33)34)13-14-30-25(32)22-3-1-2-4-23(22)28-29-30/h1-12,21H,13-15H2,(H,33,34). The van der Waals surface area contributed by atoms with Crippen molar-refractivity contribution in [1.29, 1.82) is 5.26 Å². The van der Waals surface area contributed by atoms with Crippen LogP contribution >= 0.6 is 0 Å². The molecule has 8 heteroatoms. The van der Waals surface area contributed by atoms with Gasteiger partial charge in [0.1, 0.15) is 5.52 Å². The summed E-state index contributed by atoms with van der Waals surface area (Å²) < 4.78 is 1.13. The molecule has 1 unspecified atom stereocenters. The van der Waals surface area contributed by atoms with Crippen molar-refractivity contribution in [1.82, 2.24) is 15.0 Å². The number of carboxylic acids is 1. The number of Topliss-reactive ketones (excluding diaryl/α,β-unsaturated/α-hetero) is 1. The van der Waals surface area contributed by atoms with Crippen molar-refractivity contribution in [2.24, 2.45) is 5.92 Å². The molecule has 1 N–H and O–H groups in total. The second-order valence-corrected chi connectivity index (χ2v) is 7.85. The van der Waals surface area contributed by atoms with E-state index in [0.717, 1.165) is 15.8 Å². The molecular weight excluding hydrogens is 432 g/mol. The van der Waals surface area contributed by atoms with Gasteiger partial charge in [-0.05, 0) is 41.8 Å². The number of nitrogens with zero attached hydrogens (tertiary/aromatic N) is 4. The zero-order valence-electron chi connectivity index (χ0n) is 18.1. The van der Waals surface area contributed by atoms with Crippen LogP contribution in [-0.2, 0) is 11.3 Å². The lowest BCUT2D eigenvalue weighted by Crippen LogP contribution is -2.27. The minimum absolute atomic E-state index is 0.0402. The van der Waals surface area contributed by atoms with Gasteiger partial charge in [0.2, 0.25) is 0 Å². The minimum Gasteiger partial charge on any atom is -0.481 e. The first-order valence-corrected chi connectivity index (χ1v) is 10.7. The summed E-state index contributed by atoms with van der Waals surface area (Å²) in [5.41, 5.74) is 2.88. The van der Waals surface area contributed by atoms with E-state index in [1.165, 1.54) is 0 Å². The van der Waals surface area contributed by atoms with E-state index in [2.05, 4.69) is 16.4 Å². The summed E-state index contributed by atoms with van der Waals surface area (Å²) in [7, 11) is 0. The second kappa shape index (κ2) is 9.88. The average Bonchev–Trinajstić information content (AvgIpc) is 2.87. The lowest BCUT2D eigenvalue weighted by atomic mass is 9.94. The van der Waals surface area contributed by atoms with Gasteiger partial charge in [0.25, 0.3) is 5.56 Å². The van der Waals surface area contributed by atoms with Crippen molar-refractivity contribution in [3.8, 4) is 17.2 Å². The van der Waals surface area contributed by atoms with E-state index in [1.54, 1.807) is 60.7 Å². The number of nitriles is 1. The van der Waals surface area contributed by atoms with E-state index in [4.69, 9.17) is 5.26 Å². The minimum atomic E-state index is -1.11. The molecule has 0 aliphatic heterocycles. The second-order valence-electron chi connectivity index (χ2n) is 7.85. The van der Waals surface area contributed by atoms with Crippen LogP contribution in [0.1, 0.15) is 28.8 Å². The van der Waals surface area contributed by atoms with Crippen molar-refractivity contribution < 1.29 is 14.7 Å². The maximum Gasteiger partial charge on any atom is 0.307 e. The number of carbonyl (C=O) groups is 2. The first-order valence-electron chi connectivity index (χ1n) is 10.7. The zero-order chi connectivity index (χ0) is 24.1. The van der Waals surface area contributed by atoms with Crippen molar-refractivity contribution >= 4 is 22.7 Å². The molecule has 0 fully saturated rings. The Hall–Kier alpha value is -4.64. The molecule has 0 aliphatic rings. The van der Waals surface area contributed by atoms with Gasteiger partial charge in [-0.3, -0.25) is 14.4 Å². The summed E-state index contributed by atoms with van der Waals surface area (Å²) in [5.74, 6) is -2.37. The molecule has 1 heterocycles. The van der Waals surface area contributed by atoms with E-state index in [9.17, 15) is 19.5 Å². The van der Waals surface area contributed by atoms with Gasteiger partial charge in [0.05, 0.1) is 22.9 Å². The summed E-state index contributed by atoms with van der Waals surface area (Å²) in [5, 5.41) is 26.8. The normalized spacial score (nSPS) is 11.6. The third kappa shape index (κ3) is 4.89. The highest BCUT2D eigenvalue weighted by Crippen LogP contribution is 2.22. The molecule has 0 aliphatic carbocycles. The van der Waals surface area contributed by atoms with Crippen molar-refractivity contribution in [2.45, 2.75) is 19.4 Å². The van der Waals surface area contributed by atoms with Gasteiger partial charge in [-0.2, -0.15) is 5.26 Å². The number of ketones is 1. The average molecular weight is 452 g/mol. The monoisotopic (exact) mass is 452 g/mol. The summed E-state index contributed by atoms with van der Waals surface area (Å²) in [6.07, 6.45) is -0.126. The molecule has 0 saturated carbocycles. The first-order chi connectivity index (χ1) is 16.5. The van der Waals surface area contributed by atoms with E-state index in [1.807, 2.05) is 12.1 Å². The highest BCUT2D eigenvalue weighted by Gasteiger charge is 2.22. The number of carboxylic acid groups (broad SMARTS) is 1. The van der Waals surface area contributed by atoms with Gasteiger partial charge in [0, 0.05) is 18.5 Å². The molecule has 0 saturated heterocycles. The third-order valence-corrected chi connectivity index (χ3v) is 5.65. The molecule has 1 atom stereocenters. The molecular formula is C26H20N4O4. The largest absolute Gasteiger partial charge is 0.481 e. The number of rotatable bonds is 8. The summed E-state index contributed by atoms with van der Waals surface area (Å²) in [6.45, 7) is 0.0402. The van der Waals surface area contributed by atoms with Crippen LogP contribution in [0.5, 0.6) is 0 Å². The number of fused-ring (bicyclic) bond motifs is 1. The summed E-state index contributed by atoms with van der Waals surface area (Å²) in [6, 6.07) is 22.9. The van der Waals surface area contributed by atoms with Crippen LogP contribution < -0.4 is 5.56 Å². The molecule has 168 valence electrons. The van der Waals surface area contributed by atoms with Crippen molar-refractivity contribution in [3.05, 3.63) is 94.3 Å². The Morgan fingerprint density at radius 3 is 2.26 bits per heavy atom. The first kappa shape index (κ1) is 22.6. The maximum absolute atomic E-state index is 12.7. The Bertz CT molecular complexity index is 1450. The lowest BCUT2D eigenvalue weighted by Gasteiger charge is -2.12.